The van der Waals surface area contributed by atoms with Crippen molar-refractivity contribution >= 4 is 10.0 Å². The molecular weight excluding hydrogens is 410 g/mol. The molecule has 0 saturated carbocycles. The predicted octanol–water partition coefficient (Wildman–Crippen LogP) is 4.24. The quantitative estimate of drug-likeness (QED) is 0.473. The SMILES string of the molecule is O=S(=O)(c1cccnc1)N(Cc1ccc(-c2cccnc2)cc1)Cc1cccc(O)c1. The van der Waals surface area contributed by atoms with Gasteiger partial charge in [0.1, 0.15) is 10.6 Å². The maximum atomic E-state index is 13.3. The second-order valence-electron chi connectivity index (χ2n) is 7.07. The summed E-state index contributed by atoms with van der Waals surface area (Å²) in [7, 11) is -3.79. The van der Waals surface area contributed by atoms with E-state index in [1.807, 2.05) is 36.4 Å². The van der Waals surface area contributed by atoms with Crippen LogP contribution in [0.4, 0.5) is 0 Å². The molecule has 2 aromatic heterocycles. The van der Waals surface area contributed by atoms with E-state index in [9.17, 15) is 13.5 Å². The highest BCUT2D eigenvalue weighted by Crippen LogP contribution is 2.24. The summed E-state index contributed by atoms with van der Waals surface area (Å²) in [5.41, 5.74) is 3.54. The summed E-state index contributed by atoms with van der Waals surface area (Å²) >= 11 is 0. The molecule has 31 heavy (non-hydrogen) atoms. The van der Waals surface area contributed by atoms with Gasteiger partial charge in [-0.15, -0.1) is 0 Å². The molecule has 156 valence electrons. The van der Waals surface area contributed by atoms with Gasteiger partial charge in [0, 0.05) is 37.9 Å². The van der Waals surface area contributed by atoms with Crippen LogP contribution in [0.3, 0.4) is 0 Å². The van der Waals surface area contributed by atoms with Crippen molar-refractivity contribution in [3.05, 3.63) is 109 Å². The van der Waals surface area contributed by atoms with E-state index >= 15 is 0 Å². The smallest absolute Gasteiger partial charge is 0.245 e. The Kier molecular flexibility index (Phi) is 6.06. The van der Waals surface area contributed by atoms with Crippen molar-refractivity contribution in [2.24, 2.45) is 0 Å². The molecule has 4 aromatic rings. The van der Waals surface area contributed by atoms with Crippen molar-refractivity contribution in [3.8, 4) is 16.9 Å². The maximum absolute atomic E-state index is 13.3. The van der Waals surface area contributed by atoms with Gasteiger partial charge in [-0.3, -0.25) is 9.97 Å². The number of nitrogens with zero attached hydrogens (tertiary/aromatic N) is 3. The van der Waals surface area contributed by atoms with Crippen molar-refractivity contribution in [3.63, 3.8) is 0 Å². The highest BCUT2D eigenvalue weighted by Gasteiger charge is 2.25. The lowest BCUT2D eigenvalue weighted by Gasteiger charge is -2.22. The normalized spacial score (nSPS) is 11.5. The summed E-state index contributed by atoms with van der Waals surface area (Å²) in [6, 6.07) is 21.3. The Morgan fingerprint density at radius 1 is 0.742 bits per heavy atom. The fraction of sp³-hybridized carbons (Fsp3) is 0.0833. The van der Waals surface area contributed by atoms with E-state index in [4.69, 9.17) is 0 Å². The monoisotopic (exact) mass is 431 g/mol. The van der Waals surface area contributed by atoms with Crippen molar-refractivity contribution in [1.29, 1.82) is 0 Å². The molecule has 0 amide bonds. The van der Waals surface area contributed by atoms with Crippen LogP contribution >= 0.6 is 0 Å². The van der Waals surface area contributed by atoms with Crippen LogP contribution in [0.25, 0.3) is 11.1 Å². The zero-order valence-corrected chi connectivity index (χ0v) is 17.5. The summed E-state index contributed by atoms with van der Waals surface area (Å²) in [4.78, 5) is 8.22. The Labute approximate surface area is 181 Å². The highest BCUT2D eigenvalue weighted by molar-refractivity contribution is 7.89. The van der Waals surface area contributed by atoms with Crippen molar-refractivity contribution in [2.45, 2.75) is 18.0 Å². The Hall–Kier alpha value is -3.55. The van der Waals surface area contributed by atoms with E-state index in [-0.39, 0.29) is 23.7 Å². The number of sulfonamides is 1. The first-order chi connectivity index (χ1) is 15.0. The molecule has 0 spiro atoms. The topological polar surface area (TPSA) is 83.4 Å². The van der Waals surface area contributed by atoms with Crippen LogP contribution in [0.5, 0.6) is 5.75 Å². The molecule has 6 nitrogen and oxygen atoms in total. The van der Waals surface area contributed by atoms with Crippen LogP contribution in [-0.4, -0.2) is 27.8 Å². The van der Waals surface area contributed by atoms with E-state index in [0.29, 0.717) is 5.56 Å². The third kappa shape index (κ3) is 4.96. The summed E-state index contributed by atoms with van der Waals surface area (Å²) in [5.74, 6) is 0.0945. The minimum absolute atomic E-state index is 0.0945. The van der Waals surface area contributed by atoms with E-state index in [1.54, 1.807) is 42.7 Å². The average molecular weight is 432 g/mol. The Balaban J connectivity index is 1.64. The van der Waals surface area contributed by atoms with Crippen LogP contribution in [-0.2, 0) is 23.1 Å². The van der Waals surface area contributed by atoms with Gasteiger partial charge in [-0.1, -0.05) is 42.5 Å². The van der Waals surface area contributed by atoms with Gasteiger partial charge >= 0.3 is 0 Å². The molecule has 0 aliphatic heterocycles. The van der Waals surface area contributed by atoms with E-state index in [1.165, 1.54) is 22.8 Å². The van der Waals surface area contributed by atoms with Crippen molar-refractivity contribution < 1.29 is 13.5 Å². The third-order valence-electron chi connectivity index (χ3n) is 4.85. The molecule has 0 saturated heterocycles. The zero-order chi connectivity index (χ0) is 21.7. The molecule has 0 bridgehead atoms. The second-order valence-corrected chi connectivity index (χ2v) is 9.01. The van der Waals surface area contributed by atoms with Gasteiger partial charge < -0.3 is 5.11 Å². The second kappa shape index (κ2) is 9.07. The molecule has 0 atom stereocenters. The van der Waals surface area contributed by atoms with Crippen molar-refractivity contribution in [1.82, 2.24) is 14.3 Å². The molecule has 2 aromatic carbocycles. The molecule has 1 N–H and O–H groups in total. The van der Waals surface area contributed by atoms with Gasteiger partial charge in [-0.25, -0.2) is 8.42 Å². The standard InChI is InChI=1S/C24H21N3O3S/c28-23-6-1-4-20(14-23)18-27(31(29,30)24-7-3-13-26-16-24)17-19-8-10-21(11-9-19)22-5-2-12-25-15-22/h1-16,28H,17-18H2. The van der Waals surface area contributed by atoms with Crippen LogP contribution in [0, 0.1) is 0 Å². The minimum atomic E-state index is -3.79. The van der Waals surface area contributed by atoms with Gasteiger partial charge in [0.25, 0.3) is 0 Å². The predicted molar refractivity (Wildman–Crippen MR) is 118 cm³/mol. The van der Waals surface area contributed by atoms with E-state index in [0.717, 1.165) is 16.7 Å². The third-order valence-corrected chi connectivity index (χ3v) is 6.62. The fourth-order valence-corrected chi connectivity index (χ4v) is 4.65. The van der Waals surface area contributed by atoms with Gasteiger partial charge in [-0.2, -0.15) is 4.31 Å². The highest BCUT2D eigenvalue weighted by atomic mass is 32.2. The van der Waals surface area contributed by atoms with Gasteiger partial charge in [-0.05, 0) is 52.6 Å². The van der Waals surface area contributed by atoms with Crippen LogP contribution < -0.4 is 0 Å². The average Bonchev–Trinajstić information content (AvgIpc) is 2.80. The lowest BCUT2D eigenvalue weighted by Crippen LogP contribution is -2.30. The number of hydrogen-bond acceptors (Lipinski definition) is 5. The molecule has 0 aliphatic carbocycles. The lowest BCUT2D eigenvalue weighted by atomic mass is 10.1. The number of aromatic nitrogens is 2. The molecule has 7 heteroatoms. The Bertz CT molecular complexity index is 1250. The van der Waals surface area contributed by atoms with Crippen molar-refractivity contribution in [2.75, 3.05) is 0 Å². The summed E-state index contributed by atoms with van der Waals surface area (Å²) in [5, 5.41) is 9.79. The van der Waals surface area contributed by atoms with Crippen LogP contribution in [0.2, 0.25) is 0 Å². The minimum Gasteiger partial charge on any atom is -0.508 e. The number of phenolic OH excluding ortho intramolecular Hbond substituents is 1. The van der Waals surface area contributed by atoms with Gasteiger partial charge in [0.2, 0.25) is 10.0 Å². The summed E-state index contributed by atoms with van der Waals surface area (Å²) in [6.07, 6.45) is 6.39. The number of pyridine rings is 2. The number of rotatable bonds is 7. The fourth-order valence-electron chi connectivity index (χ4n) is 3.27. The lowest BCUT2D eigenvalue weighted by molar-refractivity contribution is 0.399. The maximum Gasteiger partial charge on any atom is 0.245 e. The number of benzene rings is 2. The molecular formula is C24H21N3O3S. The molecule has 0 aliphatic rings. The molecule has 2 heterocycles. The van der Waals surface area contributed by atoms with Crippen LogP contribution in [0.1, 0.15) is 11.1 Å². The first-order valence-corrected chi connectivity index (χ1v) is 11.1. The first kappa shape index (κ1) is 20.7. The summed E-state index contributed by atoms with van der Waals surface area (Å²) < 4.78 is 28.0. The summed E-state index contributed by atoms with van der Waals surface area (Å²) in [6.45, 7) is 0.302. The molecule has 4 rings (SSSR count). The molecule has 0 unspecified atom stereocenters. The van der Waals surface area contributed by atoms with Crippen LogP contribution in [0.15, 0.2) is 102 Å². The zero-order valence-electron chi connectivity index (χ0n) is 16.7. The van der Waals surface area contributed by atoms with Gasteiger partial charge in [0.05, 0.1) is 0 Å². The van der Waals surface area contributed by atoms with Gasteiger partial charge in [0.15, 0.2) is 0 Å². The Morgan fingerprint density at radius 3 is 2.10 bits per heavy atom. The van der Waals surface area contributed by atoms with E-state index in [2.05, 4.69) is 9.97 Å². The number of hydrogen-bond donors (Lipinski definition) is 1. The number of phenols is 1. The molecule has 0 radical (unpaired) electrons. The largest absolute Gasteiger partial charge is 0.508 e. The number of aromatic hydroxyl groups is 1. The van der Waals surface area contributed by atoms with E-state index < -0.39 is 10.0 Å². The molecule has 0 fully saturated rings. The Morgan fingerprint density at radius 2 is 1.45 bits per heavy atom. The first-order valence-electron chi connectivity index (χ1n) is 9.70.